The summed E-state index contributed by atoms with van der Waals surface area (Å²) < 4.78 is 0. The van der Waals surface area contributed by atoms with E-state index in [0.717, 1.165) is 11.3 Å². The van der Waals surface area contributed by atoms with Crippen molar-refractivity contribution in [3.05, 3.63) is 53.6 Å². The summed E-state index contributed by atoms with van der Waals surface area (Å²) in [6.07, 6.45) is 3.34. The number of hydrogen-bond acceptors (Lipinski definition) is 2. The van der Waals surface area contributed by atoms with Crippen LogP contribution in [-0.4, -0.2) is 15.1 Å². The minimum Gasteiger partial charge on any atom is -0.386 e. The Morgan fingerprint density at radius 3 is 3.00 bits per heavy atom. The predicted octanol–water partition coefficient (Wildman–Crippen LogP) is 1.99. The number of benzene rings is 1. The molecule has 78 valence electrons. The molecule has 1 heterocycles. The van der Waals surface area contributed by atoms with Gasteiger partial charge in [-0.2, -0.15) is 0 Å². The Morgan fingerprint density at radius 2 is 2.33 bits per heavy atom. The van der Waals surface area contributed by atoms with Gasteiger partial charge in [0.15, 0.2) is 0 Å². The van der Waals surface area contributed by atoms with Crippen molar-refractivity contribution in [2.24, 2.45) is 0 Å². The quantitative estimate of drug-likeness (QED) is 0.799. The Morgan fingerprint density at radius 1 is 1.47 bits per heavy atom. The largest absolute Gasteiger partial charge is 0.386 e. The first-order valence-corrected chi connectivity index (χ1v) is 4.97. The van der Waals surface area contributed by atoms with Gasteiger partial charge >= 0.3 is 0 Å². The molecule has 3 heteroatoms. The molecule has 0 amide bonds. The summed E-state index contributed by atoms with van der Waals surface area (Å²) in [6, 6.07) is 8.16. The van der Waals surface area contributed by atoms with E-state index >= 15 is 0 Å². The van der Waals surface area contributed by atoms with E-state index < -0.39 is 6.10 Å². The highest BCUT2D eigenvalue weighted by atomic mass is 16.3. The van der Waals surface area contributed by atoms with Crippen LogP contribution in [0.5, 0.6) is 0 Å². The summed E-state index contributed by atoms with van der Waals surface area (Å²) in [5.41, 5.74) is 3.11. The fourth-order valence-electron chi connectivity index (χ4n) is 1.62. The molecule has 0 fully saturated rings. The average Bonchev–Trinajstić information content (AvgIpc) is 2.70. The van der Waals surface area contributed by atoms with E-state index in [1.807, 2.05) is 25.1 Å². The fraction of sp³-hybridized carbons (Fsp3) is 0.250. The number of nitrogens with one attached hydrogen (secondary N) is 1. The molecule has 2 aromatic rings. The second-order valence-corrected chi connectivity index (χ2v) is 3.72. The molecule has 0 spiro atoms. The highest BCUT2D eigenvalue weighted by molar-refractivity contribution is 5.23. The molecular formula is C12H14N2O. The normalized spacial score (nSPS) is 12.7. The predicted molar refractivity (Wildman–Crippen MR) is 58.4 cm³/mol. The number of rotatable bonds is 3. The molecule has 0 aliphatic rings. The molecule has 0 aliphatic heterocycles. The number of aliphatic hydroxyl groups is 1. The number of aromatic amines is 1. The molecule has 1 unspecified atom stereocenters. The van der Waals surface area contributed by atoms with Crippen LogP contribution in [0.3, 0.4) is 0 Å². The summed E-state index contributed by atoms with van der Waals surface area (Å²) in [5.74, 6) is 0. The number of aromatic nitrogens is 2. The first kappa shape index (κ1) is 9.93. The van der Waals surface area contributed by atoms with Gasteiger partial charge in [0.05, 0.1) is 24.3 Å². The monoisotopic (exact) mass is 202 g/mol. The zero-order valence-electron chi connectivity index (χ0n) is 8.64. The number of aliphatic hydroxyl groups excluding tert-OH is 1. The minimum atomic E-state index is -0.505. The Balaban J connectivity index is 2.09. The second kappa shape index (κ2) is 4.28. The Kier molecular flexibility index (Phi) is 2.83. The van der Waals surface area contributed by atoms with E-state index in [0.29, 0.717) is 6.42 Å². The average molecular weight is 202 g/mol. The maximum Gasteiger partial charge on any atom is 0.0993 e. The summed E-state index contributed by atoms with van der Waals surface area (Å²) >= 11 is 0. The van der Waals surface area contributed by atoms with Gasteiger partial charge in [0.2, 0.25) is 0 Å². The fourth-order valence-corrected chi connectivity index (χ4v) is 1.62. The standard InChI is InChI=1S/C12H14N2O/c1-9-3-2-4-10(5-9)6-12(15)11-7-13-8-14-11/h2-5,7-8,12,15H,6H2,1H3,(H,13,14). The van der Waals surface area contributed by atoms with E-state index in [-0.39, 0.29) is 0 Å². The summed E-state index contributed by atoms with van der Waals surface area (Å²) in [7, 11) is 0. The van der Waals surface area contributed by atoms with Gasteiger partial charge in [-0.25, -0.2) is 4.98 Å². The van der Waals surface area contributed by atoms with Gasteiger partial charge in [0.1, 0.15) is 0 Å². The van der Waals surface area contributed by atoms with Crippen LogP contribution < -0.4 is 0 Å². The molecule has 0 bridgehead atoms. The summed E-state index contributed by atoms with van der Waals surface area (Å²) in [6.45, 7) is 2.05. The van der Waals surface area contributed by atoms with Gasteiger partial charge in [-0.15, -0.1) is 0 Å². The van der Waals surface area contributed by atoms with E-state index in [9.17, 15) is 5.11 Å². The topological polar surface area (TPSA) is 48.9 Å². The van der Waals surface area contributed by atoms with Crippen LogP contribution in [0.25, 0.3) is 0 Å². The molecule has 1 atom stereocenters. The van der Waals surface area contributed by atoms with E-state index in [2.05, 4.69) is 16.0 Å². The van der Waals surface area contributed by atoms with Crippen molar-refractivity contribution in [2.75, 3.05) is 0 Å². The second-order valence-electron chi connectivity index (χ2n) is 3.72. The maximum absolute atomic E-state index is 9.88. The van der Waals surface area contributed by atoms with Crippen LogP contribution in [0.4, 0.5) is 0 Å². The number of aryl methyl sites for hydroxylation is 1. The van der Waals surface area contributed by atoms with Gasteiger partial charge in [-0.3, -0.25) is 0 Å². The first-order chi connectivity index (χ1) is 7.25. The van der Waals surface area contributed by atoms with Crippen molar-refractivity contribution in [1.29, 1.82) is 0 Å². The van der Waals surface area contributed by atoms with Crippen LogP contribution in [-0.2, 0) is 6.42 Å². The SMILES string of the molecule is Cc1cccc(CC(O)c2cnc[nH]2)c1. The highest BCUT2D eigenvalue weighted by Gasteiger charge is 2.09. The molecule has 1 aromatic heterocycles. The zero-order valence-corrected chi connectivity index (χ0v) is 8.64. The van der Waals surface area contributed by atoms with Crippen molar-refractivity contribution in [2.45, 2.75) is 19.4 Å². The smallest absolute Gasteiger partial charge is 0.0993 e. The van der Waals surface area contributed by atoms with Crippen molar-refractivity contribution in [1.82, 2.24) is 9.97 Å². The van der Waals surface area contributed by atoms with Gasteiger partial charge in [0, 0.05) is 6.42 Å². The van der Waals surface area contributed by atoms with Crippen LogP contribution >= 0.6 is 0 Å². The molecule has 15 heavy (non-hydrogen) atoms. The van der Waals surface area contributed by atoms with Gasteiger partial charge in [-0.05, 0) is 12.5 Å². The van der Waals surface area contributed by atoms with Crippen molar-refractivity contribution < 1.29 is 5.11 Å². The highest BCUT2D eigenvalue weighted by Crippen LogP contribution is 2.16. The molecule has 0 saturated carbocycles. The Labute approximate surface area is 88.8 Å². The first-order valence-electron chi connectivity index (χ1n) is 4.97. The lowest BCUT2D eigenvalue weighted by atomic mass is 10.0. The van der Waals surface area contributed by atoms with Crippen LogP contribution in [0.1, 0.15) is 22.9 Å². The molecule has 0 aliphatic carbocycles. The molecule has 0 saturated heterocycles. The molecule has 2 N–H and O–H groups in total. The lowest BCUT2D eigenvalue weighted by Gasteiger charge is -2.08. The van der Waals surface area contributed by atoms with Gasteiger partial charge in [0.25, 0.3) is 0 Å². The number of nitrogens with zero attached hydrogens (tertiary/aromatic N) is 1. The van der Waals surface area contributed by atoms with Crippen LogP contribution in [0, 0.1) is 6.92 Å². The third-order valence-electron chi connectivity index (χ3n) is 2.39. The minimum absolute atomic E-state index is 0.505. The lowest BCUT2D eigenvalue weighted by Crippen LogP contribution is -2.02. The molecular weight excluding hydrogens is 188 g/mol. The number of imidazole rings is 1. The number of hydrogen-bond donors (Lipinski definition) is 2. The molecule has 1 aromatic carbocycles. The zero-order chi connectivity index (χ0) is 10.7. The maximum atomic E-state index is 9.88. The third-order valence-corrected chi connectivity index (χ3v) is 2.39. The Bertz CT molecular complexity index is 423. The van der Waals surface area contributed by atoms with Crippen molar-refractivity contribution in [3.8, 4) is 0 Å². The third kappa shape index (κ3) is 2.44. The van der Waals surface area contributed by atoms with Crippen LogP contribution in [0.15, 0.2) is 36.8 Å². The van der Waals surface area contributed by atoms with E-state index in [1.165, 1.54) is 5.56 Å². The summed E-state index contributed by atoms with van der Waals surface area (Å²) in [4.78, 5) is 6.80. The van der Waals surface area contributed by atoms with Crippen molar-refractivity contribution in [3.63, 3.8) is 0 Å². The number of H-pyrrole nitrogens is 1. The van der Waals surface area contributed by atoms with Crippen LogP contribution in [0.2, 0.25) is 0 Å². The molecule has 3 nitrogen and oxygen atoms in total. The lowest BCUT2D eigenvalue weighted by molar-refractivity contribution is 0.174. The van der Waals surface area contributed by atoms with Crippen molar-refractivity contribution >= 4 is 0 Å². The summed E-state index contributed by atoms with van der Waals surface area (Å²) in [5, 5.41) is 9.88. The molecule has 2 rings (SSSR count). The van der Waals surface area contributed by atoms with Gasteiger partial charge < -0.3 is 10.1 Å². The Hall–Kier alpha value is -1.61. The molecule has 0 radical (unpaired) electrons. The van der Waals surface area contributed by atoms with E-state index in [1.54, 1.807) is 12.5 Å². The van der Waals surface area contributed by atoms with E-state index in [4.69, 9.17) is 0 Å². The van der Waals surface area contributed by atoms with Gasteiger partial charge in [-0.1, -0.05) is 29.8 Å².